The molecule has 1 unspecified atom stereocenters. The lowest BCUT2D eigenvalue weighted by Crippen LogP contribution is -2.49. The first-order valence-electron chi connectivity index (χ1n) is 22.0. The number of anilines is 1. The van der Waals surface area contributed by atoms with Gasteiger partial charge in [-0.15, -0.1) is 0 Å². The molecule has 330 valence electrons. The van der Waals surface area contributed by atoms with E-state index in [1.807, 2.05) is 29.2 Å². The summed E-state index contributed by atoms with van der Waals surface area (Å²) in [7, 11) is 4.40. The van der Waals surface area contributed by atoms with Crippen LogP contribution in [0.25, 0.3) is 0 Å². The molecule has 14 heteroatoms. The quantitative estimate of drug-likeness (QED) is 0.285. The average Bonchev–Trinajstić information content (AvgIpc) is 3.53. The zero-order valence-electron chi connectivity index (χ0n) is 36.7. The lowest BCUT2D eigenvalue weighted by molar-refractivity contribution is -0.130. The van der Waals surface area contributed by atoms with Crippen molar-refractivity contribution < 1.29 is 29.0 Å². The number of halogens is 1. The van der Waals surface area contributed by atoms with Crippen molar-refractivity contribution in [3.8, 4) is 0 Å². The first-order chi connectivity index (χ1) is 28.2. The van der Waals surface area contributed by atoms with Crippen LogP contribution in [-0.4, -0.2) is 139 Å². The van der Waals surface area contributed by atoms with Gasteiger partial charge in [-0.05, 0) is 90.6 Å². The van der Waals surface area contributed by atoms with Gasteiger partial charge in [0, 0.05) is 62.9 Å². The van der Waals surface area contributed by atoms with Crippen molar-refractivity contribution >= 4 is 35.7 Å². The Labute approximate surface area is 358 Å². The standard InChI is InChI=1S/C20H23ClN4O2.C12H24N2O.C7H13NO3.C6H12/c1-13-10-16(26)19-18(13)20(23-12-22-19)25-8-6-24(7-9-25)17(27)11-14-2-4-15(21)5-3-14;1-13-7-3-11(4-8-13)15-12-5-9-14(2)10-6-12;1-7(2,3)11-6(10)8-4-5-9;1-2-4-6-5-3-1/h2-5,12-13,16,26H,6-11H2,1H3;11-12H,3-10H2,1-2H3;5H,4H2,1-3H3,(H,8,10);1-6H2/t13-,16?;;;/m1.../s1. The van der Waals surface area contributed by atoms with Gasteiger partial charge in [0.15, 0.2) is 0 Å². The molecule has 2 amide bonds. The van der Waals surface area contributed by atoms with Crippen molar-refractivity contribution in [1.29, 1.82) is 0 Å². The fourth-order valence-corrected chi connectivity index (χ4v) is 8.15. The molecule has 1 aromatic carbocycles. The molecule has 2 aliphatic carbocycles. The highest BCUT2D eigenvalue weighted by Crippen LogP contribution is 2.42. The van der Waals surface area contributed by atoms with Gasteiger partial charge in [0.05, 0.1) is 37.0 Å². The molecule has 5 aliphatic rings. The Balaban J connectivity index is 0.000000201. The number of nitrogens with zero attached hydrogens (tertiary/aromatic N) is 6. The van der Waals surface area contributed by atoms with Crippen LogP contribution in [0.3, 0.4) is 0 Å². The minimum atomic E-state index is -0.565. The number of rotatable bonds is 7. The average molecular weight is 843 g/mol. The van der Waals surface area contributed by atoms with Crippen LogP contribution >= 0.6 is 11.6 Å². The van der Waals surface area contributed by atoms with Crippen LogP contribution in [0.2, 0.25) is 5.02 Å². The minimum absolute atomic E-state index is 0.00505. The zero-order chi connectivity index (χ0) is 42.8. The smallest absolute Gasteiger partial charge is 0.408 e. The molecule has 13 nitrogen and oxygen atoms in total. The highest BCUT2D eigenvalue weighted by molar-refractivity contribution is 6.30. The summed E-state index contributed by atoms with van der Waals surface area (Å²) in [6.45, 7) is 15.0. The first-order valence-corrected chi connectivity index (χ1v) is 22.3. The Morgan fingerprint density at radius 1 is 0.847 bits per heavy atom. The number of aliphatic hydroxyl groups excluding tert-OH is 1. The lowest BCUT2D eigenvalue weighted by atomic mass is 10.0. The molecular weight excluding hydrogens is 770 g/mol. The van der Waals surface area contributed by atoms with Crippen molar-refractivity contribution in [3.63, 3.8) is 0 Å². The molecule has 3 saturated heterocycles. The van der Waals surface area contributed by atoms with E-state index in [9.17, 15) is 19.5 Å². The Morgan fingerprint density at radius 3 is 1.86 bits per heavy atom. The number of ether oxygens (including phenoxy) is 2. The maximum absolute atomic E-state index is 12.6. The van der Waals surface area contributed by atoms with E-state index in [2.05, 4.69) is 51.0 Å². The largest absolute Gasteiger partial charge is 0.444 e. The number of hydrogen-bond acceptors (Lipinski definition) is 11. The minimum Gasteiger partial charge on any atom is -0.444 e. The third-order valence-electron chi connectivity index (χ3n) is 11.4. The number of aliphatic hydroxyl groups is 1. The highest BCUT2D eigenvalue weighted by atomic mass is 35.5. The molecule has 59 heavy (non-hydrogen) atoms. The number of hydrogen-bond donors (Lipinski definition) is 2. The summed E-state index contributed by atoms with van der Waals surface area (Å²) in [4.78, 5) is 50.8. The van der Waals surface area contributed by atoms with Gasteiger partial charge in [0.1, 0.15) is 24.0 Å². The molecule has 1 saturated carbocycles. The number of likely N-dealkylation sites (tertiary alicyclic amines) is 2. The van der Waals surface area contributed by atoms with Crippen LogP contribution in [-0.2, 0) is 25.5 Å². The highest BCUT2D eigenvalue weighted by Gasteiger charge is 2.34. The van der Waals surface area contributed by atoms with Gasteiger partial charge < -0.3 is 44.3 Å². The van der Waals surface area contributed by atoms with E-state index < -0.39 is 17.8 Å². The summed E-state index contributed by atoms with van der Waals surface area (Å²) in [6, 6.07) is 7.42. The molecule has 3 aliphatic heterocycles. The first kappa shape index (κ1) is 48.3. The molecule has 2 atom stereocenters. The van der Waals surface area contributed by atoms with E-state index in [0.29, 0.717) is 49.4 Å². The van der Waals surface area contributed by atoms with E-state index >= 15 is 0 Å². The van der Waals surface area contributed by atoms with Crippen LogP contribution in [0, 0.1) is 0 Å². The van der Waals surface area contributed by atoms with E-state index in [1.165, 1.54) is 96.7 Å². The topological polar surface area (TPSA) is 141 Å². The van der Waals surface area contributed by atoms with Crippen molar-refractivity contribution in [2.75, 3.05) is 77.9 Å². The molecule has 0 spiro atoms. The number of piperidine rings is 2. The Bertz CT molecular complexity index is 1520. The fourth-order valence-electron chi connectivity index (χ4n) is 8.02. The summed E-state index contributed by atoms with van der Waals surface area (Å²) in [5.74, 6) is 1.29. The summed E-state index contributed by atoms with van der Waals surface area (Å²) in [5, 5.41) is 13.1. The normalized spacial score (nSPS) is 21.7. The van der Waals surface area contributed by atoms with Crippen molar-refractivity contribution in [2.24, 2.45) is 0 Å². The number of piperazine rings is 1. The molecule has 0 bridgehead atoms. The van der Waals surface area contributed by atoms with Crippen LogP contribution in [0.15, 0.2) is 30.6 Å². The molecule has 4 heterocycles. The van der Waals surface area contributed by atoms with Crippen molar-refractivity contribution in [2.45, 2.75) is 135 Å². The molecule has 1 aromatic heterocycles. The summed E-state index contributed by atoms with van der Waals surface area (Å²) >= 11 is 5.90. The van der Waals surface area contributed by atoms with E-state index in [1.54, 1.807) is 20.8 Å². The van der Waals surface area contributed by atoms with Gasteiger partial charge >= 0.3 is 6.09 Å². The van der Waals surface area contributed by atoms with Crippen molar-refractivity contribution in [1.82, 2.24) is 30.0 Å². The third-order valence-corrected chi connectivity index (χ3v) is 11.7. The molecule has 2 N–H and O–H groups in total. The second kappa shape index (κ2) is 24.8. The van der Waals surface area contributed by atoms with Gasteiger partial charge in [-0.1, -0.05) is 69.2 Å². The SMILES string of the molecule is C1CCCCC1.CC(C)(C)OC(=O)NCC=O.CN1CCC(OC2CCN(C)CC2)CC1.C[C@@H]1CC(O)c2ncnc(N3CCN(C(=O)Cc4ccc(Cl)cc4)CC3)c21. The number of aromatic nitrogens is 2. The number of aldehydes is 1. The molecule has 7 rings (SSSR count). The molecule has 2 aromatic rings. The van der Waals surface area contributed by atoms with Crippen LogP contribution in [0.4, 0.5) is 10.6 Å². The Kier molecular flexibility index (Phi) is 20.3. The van der Waals surface area contributed by atoms with E-state index in [0.717, 1.165) is 35.7 Å². The summed E-state index contributed by atoms with van der Waals surface area (Å²) < 4.78 is 11.0. The second-order valence-corrected chi connectivity index (χ2v) is 18.1. The van der Waals surface area contributed by atoms with E-state index in [-0.39, 0.29) is 18.4 Å². The van der Waals surface area contributed by atoms with Gasteiger partial charge in [-0.25, -0.2) is 14.8 Å². The number of amides is 2. The second-order valence-electron chi connectivity index (χ2n) is 17.6. The van der Waals surface area contributed by atoms with Crippen LogP contribution in [0.1, 0.15) is 127 Å². The number of alkyl carbamates (subject to hydrolysis) is 1. The predicted octanol–water partition coefficient (Wildman–Crippen LogP) is 6.80. The van der Waals surface area contributed by atoms with Gasteiger partial charge in [0.25, 0.3) is 0 Å². The number of nitrogens with one attached hydrogen (secondary N) is 1. The lowest BCUT2D eigenvalue weighted by Gasteiger charge is -2.36. The number of fused-ring (bicyclic) bond motifs is 1. The summed E-state index contributed by atoms with van der Waals surface area (Å²) in [6.07, 6.45) is 17.1. The number of carbonyl (C=O) groups excluding carboxylic acids is 3. The monoisotopic (exact) mass is 842 g/mol. The predicted molar refractivity (Wildman–Crippen MR) is 234 cm³/mol. The Hall–Kier alpha value is -3.36. The van der Waals surface area contributed by atoms with Gasteiger partial charge in [-0.3, -0.25) is 4.79 Å². The number of benzene rings is 1. The Morgan fingerprint density at radius 2 is 1.37 bits per heavy atom. The van der Waals surface area contributed by atoms with Gasteiger partial charge in [-0.2, -0.15) is 0 Å². The fraction of sp³-hybridized carbons (Fsp3) is 0.711. The molecule has 4 fully saturated rings. The zero-order valence-corrected chi connectivity index (χ0v) is 37.4. The maximum atomic E-state index is 12.6. The van der Waals surface area contributed by atoms with Gasteiger partial charge in [0.2, 0.25) is 5.91 Å². The van der Waals surface area contributed by atoms with Crippen LogP contribution < -0.4 is 10.2 Å². The van der Waals surface area contributed by atoms with Crippen molar-refractivity contribution in [3.05, 3.63) is 52.4 Å². The summed E-state index contributed by atoms with van der Waals surface area (Å²) in [5.41, 5.74) is 2.29. The maximum Gasteiger partial charge on any atom is 0.408 e. The molecule has 0 radical (unpaired) electrons. The van der Waals surface area contributed by atoms with E-state index in [4.69, 9.17) is 21.1 Å². The van der Waals surface area contributed by atoms with Crippen LogP contribution in [0.5, 0.6) is 0 Å². The number of carbonyl (C=O) groups is 3. The third kappa shape index (κ3) is 17.3. The molecular formula is C45H72ClN7O6.